The fourth-order valence-corrected chi connectivity index (χ4v) is 8.74. The number of hydrogen-bond acceptors (Lipinski definition) is 6. The first-order valence-electron chi connectivity index (χ1n) is 15.1. The van der Waals surface area contributed by atoms with Crippen LogP contribution in [0.3, 0.4) is 0 Å². The fourth-order valence-electron chi connectivity index (χ4n) is 7.56. The normalized spacial score (nSPS) is 25.0. The van der Waals surface area contributed by atoms with Crippen molar-refractivity contribution in [2.24, 2.45) is 17.3 Å². The van der Waals surface area contributed by atoms with Gasteiger partial charge in [-0.15, -0.1) is 5.10 Å². The van der Waals surface area contributed by atoms with E-state index in [2.05, 4.69) is 40.6 Å². The van der Waals surface area contributed by atoms with Gasteiger partial charge in [-0.3, -0.25) is 4.79 Å². The molecule has 2 aromatic carbocycles. The topological polar surface area (TPSA) is 69.9 Å². The van der Waals surface area contributed by atoms with Gasteiger partial charge < -0.3 is 4.74 Å². The van der Waals surface area contributed by atoms with Gasteiger partial charge in [0.25, 0.3) is 0 Å². The van der Waals surface area contributed by atoms with Crippen LogP contribution in [0.1, 0.15) is 88.2 Å². The minimum atomic E-state index is -0.0494. The van der Waals surface area contributed by atoms with Crippen LogP contribution in [0.5, 0.6) is 5.75 Å². The third kappa shape index (κ3) is 6.05. The first-order valence-corrected chi connectivity index (χ1v) is 16.8. The Morgan fingerprint density at radius 2 is 1.85 bits per heavy atom. The van der Waals surface area contributed by atoms with Gasteiger partial charge in [-0.2, -0.15) is 4.68 Å². The number of hydrogen-bond donors (Lipinski definition) is 0. The average Bonchev–Trinajstić information content (AvgIpc) is 3.57. The zero-order valence-electron chi connectivity index (χ0n) is 23.7. The van der Waals surface area contributed by atoms with Gasteiger partial charge in [-0.25, -0.2) is 0 Å². The van der Waals surface area contributed by atoms with Crippen molar-refractivity contribution in [2.75, 3.05) is 12.4 Å². The van der Waals surface area contributed by atoms with Gasteiger partial charge in [0.15, 0.2) is 0 Å². The molecular weight excluding hydrogens is 575 g/mol. The molecule has 2 saturated carbocycles. The molecule has 0 unspecified atom stereocenters. The molecule has 0 amide bonds. The molecule has 2 fully saturated rings. The zero-order valence-corrected chi connectivity index (χ0v) is 26.0. The van der Waals surface area contributed by atoms with Gasteiger partial charge in [0.05, 0.1) is 22.3 Å². The fraction of sp³-hybridized carbons (Fsp3) is 0.562. The van der Waals surface area contributed by atoms with E-state index in [1.165, 1.54) is 36.8 Å². The number of ether oxygens (including phenoxy) is 1. The molecule has 9 heteroatoms. The molecule has 4 atom stereocenters. The number of halogens is 2. The lowest BCUT2D eigenvalue weighted by atomic mass is 9.55. The maximum absolute atomic E-state index is 12.6. The second kappa shape index (κ2) is 12.6. The van der Waals surface area contributed by atoms with Gasteiger partial charge in [-0.1, -0.05) is 67.2 Å². The van der Waals surface area contributed by atoms with E-state index in [4.69, 9.17) is 27.9 Å². The van der Waals surface area contributed by atoms with E-state index in [9.17, 15) is 4.79 Å². The monoisotopic (exact) mass is 612 g/mol. The Bertz CT molecular complexity index is 1400. The van der Waals surface area contributed by atoms with Crippen LogP contribution in [0.25, 0.3) is 5.69 Å². The summed E-state index contributed by atoms with van der Waals surface area (Å²) in [6.45, 7) is 3.02. The van der Waals surface area contributed by atoms with Crippen LogP contribution in [0.4, 0.5) is 0 Å². The number of ketones is 1. The summed E-state index contributed by atoms with van der Waals surface area (Å²) in [5.74, 6) is 4.38. The number of unbranched alkanes of at least 4 members (excludes halogenated alkanes) is 4. The summed E-state index contributed by atoms with van der Waals surface area (Å²) in [5, 5.41) is 13.8. The highest BCUT2D eigenvalue weighted by Crippen LogP contribution is 2.59. The molecule has 0 bridgehead atoms. The van der Waals surface area contributed by atoms with Crippen molar-refractivity contribution in [1.29, 1.82) is 0 Å². The summed E-state index contributed by atoms with van der Waals surface area (Å²) in [6.07, 6.45) is 12.2. The molecule has 0 radical (unpaired) electrons. The molecule has 6 nitrogen and oxygen atoms in total. The number of carbonyl (C=O) groups is 1. The molecule has 1 aromatic heterocycles. The van der Waals surface area contributed by atoms with Crippen LogP contribution < -0.4 is 4.74 Å². The van der Waals surface area contributed by atoms with Crippen LogP contribution in [0.15, 0.2) is 41.6 Å². The van der Waals surface area contributed by atoms with Crippen LogP contribution in [-0.4, -0.2) is 38.4 Å². The molecule has 1 heterocycles. The van der Waals surface area contributed by atoms with Crippen molar-refractivity contribution in [3.63, 3.8) is 0 Å². The van der Waals surface area contributed by atoms with Gasteiger partial charge in [0.2, 0.25) is 5.16 Å². The van der Waals surface area contributed by atoms with Crippen molar-refractivity contribution >= 4 is 40.7 Å². The quantitative estimate of drug-likeness (QED) is 0.160. The van der Waals surface area contributed by atoms with Crippen molar-refractivity contribution < 1.29 is 9.53 Å². The largest absolute Gasteiger partial charge is 0.494 e. The predicted molar refractivity (Wildman–Crippen MR) is 165 cm³/mol. The van der Waals surface area contributed by atoms with Crippen LogP contribution in [0.2, 0.25) is 10.0 Å². The molecule has 0 spiro atoms. The number of carbonyl (C=O) groups excluding carboxylic acids is 1. The van der Waals surface area contributed by atoms with E-state index in [0.717, 1.165) is 73.9 Å². The number of tetrazole rings is 1. The van der Waals surface area contributed by atoms with Gasteiger partial charge in [0.1, 0.15) is 11.5 Å². The van der Waals surface area contributed by atoms with Crippen LogP contribution in [-0.2, 0) is 11.2 Å². The third-order valence-corrected chi connectivity index (χ3v) is 11.5. The maximum atomic E-state index is 12.6. The predicted octanol–water partition coefficient (Wildman–Crippen LogP) is 8.52. The Labute approximate surface area is 256 Å². The van der Waals surface area contributed by atoms with Gasteiger partial charge in [0, 0.05) is 17.6 Å². The number of aryl methyl sites for hydroxylation is 1. The van der Waals surface area contributed by atoms with Crippen molar-refractivity contribution in [3.8, 4) is 11.4 Å². The molecule has 6 rings (SSSR count). The van der Waals surface area contributed by atoms with Gasteiger partial charge >= 0.3 is 0 Å². The molecule has 0 aliphatic heterocycles. The first kappa shape index (κ1) is 29.0. The molecule has 3 aromatic rings. The number of thioether (sulfide) groups is 1. The number of nitrogens with zero attached hydrogens (tertiary/aromatic N) is 4. The summed E-state index contributed by atoms with van der Waals surface area (Å²) in [7, 11) is 0. The number of fused-ring (bicyclic) bond motifs is 5. The standard InChI is InChI=1S/C32H38Cl2N4O2S/c1-32-16-15-25-24-11-9-23(19-21(24)7-10-26(25)27(32)12-14-30(32)39)40-17-5-3-2-4-6-18-41-31-35-36-37-38(31)22-8-13-28(33)29(34)20-22/h8-9,11,13,19-20,25-27H,2-7,10,12,14-18H2,1H3/t25-,26-,27+,32+/m1/s1. The van der Waals surface area contributed by atoms with Gasteiger partial charge in [-0.05, 0) is 115 Å². The highest BCUT2D eigenvalue weighted by molar-refractivity contribution is 7.99. The lowest BCUT2D eigenvalue weighted by Gasteiger charge is -2.48. The van der Waals surface area contributed by atoms with E-state index in [0.29, 0.717) is 33.6 Å². The summed E-state index contributed by atoms with van der Waals surface area (Å²) < 4.78 is 7.86. The lowest BCUT2D eigenvalue weighted by molar-refractivity contribution is -0.129. The maximum Gasteiger partial charge on any atom is 0.214 e. The van der Waals surface area contributed by atoms with E-state index >= 15 is 0 Å². The molecule has 0 N–H and O–H groups in total. The third-order valence-electron chi connectivity index (χ3n) is 9.78. The van der Waals surface area contributed by atoms with E-state index in [1.807, 2.05) is 6.07 Å². The first-order chi connectivity index (χ1) is 19.9. The number of rotatable bonds is 11. The Morgan fingerprint density at radius 1 is 1.00 bits per heavy atom. The SMILES string of the molecule is C[C@]12CC[C@@H]3c4ccc(OCCCCCCCSc5nnnn5-c5ccc(Cl)c(Cl)c5)cc4CC[C@H]3[C@@H]1CCC2=O. The minimum Gasteiger partial charge on any atom is -0.494 e. The zero-order chi connectivity index (χ0) is 28.4. The summed E-state index contributed by atoms with van der Waals surface area (Å²) in [5.41, 5.74) is 3.75. The molecule has 3 aliphatic carbocycles. The van der Waals surface area contributed by atoms with Crippen molar-refractivity contribution in [2.45, 2.75) is 88.6 Å². The van der Waals surface area contributed by atoms with Crippen molar-refractivity contribution in [3.05, 3.63) is 57.6 Å². The highest BCUT2D eigenvalue weighted by Gasteiger charge is 2.54. The number of aromatic nitrogens is 4. The number of Topliss-reactive ketones (excluding diaryl/α,β-unsaturated/α-hetero) is 1. The molecule has 0 saturated heterocycles. The Kier molecular flexibility index (Phi) is 8.94. The summed E-state index contributed by atoms with van der Waals surface area (Å²) in [4.78, 5) is 12.6. The Morgan fingerprint density at radius 3 is 2.73 bits per heavy atom. The molecular formula is C32H38Cl2N4O2S. The van der Waals surface area contributed by atoms with E-state index in [1.54, 1.807) is 28.6 Å². The second-order valence-electron chi connectivity index (χ2n) is 12.1. The Hall–Kier alpha value is -2.09. The van der Waals surface area contributed by atoms with E-state index < -0.39 is 0 Å². The van der Waals surface area contributed by atoms with E-state index in [-0.39, 0.29) is 5.41 Å². The molecule has 41 heavy (non-hydrogen) atoms. The minimum absolute atomic E-state index is 0.0494. The highest BCUT2D eigenvalue weighted by atomic mass is 35.5. The number of benzene rings is 2. The Balaban J connectivity index is 0.893. The second-order valence-corrected chi connectivity index (χ2v) is 14.0. The molecule has 218 valence electrons. The van der Waals surface area contributed by atoms with Crippen LogP contribution >= 0.6 is 35.0 Å². The lowest BCUT2D eigenvalue weighted by Crippen LogP contribution is -2.42. The van der Waals surface area contributed by atoms with Crippen molar-refractivity contribution in [1.82, 2.24) is 20.2 Å². The smallest absolute Gasteiger partial charge is 0.214 e. The molecule has 3 aliphatic rings. The summed E-state index contributed by atoms with van der Waals surface area (Å²) in [6, 6.07) is 12.2. The summed E-state index contributed by atoms with van der Waals surface area (Å²) >= 11 is 13.8. The van der Waals surface area contributed by atoms with Crippen LogP contribution in [0, 0.1) is 17.3 Å². The average molecular weight is 614 g/mol.